The van der Waals surface area contributed by atoms with Crippen molar-refractivity contribution in [2.45, 2.75) is 154 Å². The van der Waals surface area contributed by atoms with Crippen LogP contribution in [0.1, 0.15) is 123 Å². The van der Waals surface area contributed by atoms with Crippen molar-refractivity contribution in [3.63, 3.8) is 0 Å². The van der Waals surface area contributed by atoms with Crippen LogP contribution >= 0.6 is 0 Å². The lowest BCUT2D eigenvalue weighted by atomic mass is 9.58. The molecule has 2 saturated heterocycles. The third-order valence-electron chi connectivity index (χ3n) is 12.5. The van der Waals surface area contributed by atoms with Gasteiger partial charge in [0.1, 0.15) is 28.3 Å². The third kappa shape index (κ3) is 7.57. The number of aliphatic hydroxyl groups excluding tert-OH is 1. The molecule has 0 saturated carbocycles. The highest BCUT2D eigenvalue weighted by Gasteiger charge is 2.71. The van der Waals surface area contributed by atoms with Crippen LogP contribution in [0, 0.1) is 12.8 Å². The minimum absolute atomic E-state index is 0.0139. The molecule has 0 amide bonds. The highest BCUT2D eigenvalue weighted by Crippen LogP contribution is 2.52. The Morgan fingerprint density at radius 1 is 0.967 bits per heavy atom. The second-order valence-corrected chi connectivity index (χ2v) is 17.1. The number of rotatable bonds is 11. The van der Waals surface area contributed by atoms with E-state index in [0.717, 1.165) is 33.0 Å². The van der Waals surface area contributed by atoms with E-state index in [0.29, 0.717) is 5.57 Å². The number of phenols is 1. The number of hydrogen-bond donors (Lipinski definition) is 5. The van der Waals surface area contributed by atoms with Crippen LogP contribution in [0.3, 0.4) is 0 Å². The van der Waals surface area contributed by atoms with Crippen LogP contribution in [-0.4, -0.2) is 127 Å². The van der Waals surface area contributed by atoms with Crippen molar-refractivity contribution in [3.8, 4) is 5.75 Å². The van der Waals surface area contributed by atoms with Gasteiger partial charge in [0.25, 0.3) is 0 Å². The molecule has 2 heterocycles. The number of hydrogen-bond acceptors (Lipinski definition) is 17. The largest absolute Gasteiger partial charge is 0.508 e. The van der Waals surface area contributed by atoms with Crippen molar-refractivity contribution in [1.29, 1.82) is 0 Å². The van der Waals surface area contributed by atoms with Crippen molar-refractivity contribution in [2.75, 3.05) is 7.11 Å². The topological polar surface area (TPSA) is 259 Å². The zero-order valence-corrected chi connectivity index (χ0v) is 35.7. The van der Waals surface area contributed by atoms with E-state index >= 15 is 0 Å². The van der Waals surface area contributed by atoms with Gasteiger partial charge in [-0.15, -0.1) is 0 Å². The Labute approximate surface area is 352 Å². The molecular weight excluding hydrogens is 800 g/mol. The molecule has 2 aliphatic heterocycles. The number of aromatic hydroxyl groups is 1. The zero-order valence-electron chi connectivity index (χ0n) is 35.7. The molecule has 0 spiro atoms. The molecule has 0 aromatic heterocycles. The summed E-state index contributed by atoms with van der Waals surface area (Å²) in [5.74, 6) is -8.89. The molecule has 5 N–H and O–H groups in total. The second-order valence-electron chi connectivity index (χ2n) is 17.1. The van der Waals surface area contributed by atoms with Crippen molar-refractivity contribution in [3.05, 3.63) is 62.6 Å². The maximum Gasteiger partial charge on any atom is 0.333 e. The summed E-state index contributed by atoms with van der Waals surface area (Å²) in [6.07, 6.45) is -4.07. The Hall–Kier alpha value is -4.62. The molecule has 17 nitrogen and oxygen atoms in total. The number of fused-ring (bicyclic) bond motifs is 3. The number of aliphatic hydroxyl groups is 4. The summed E-state index contributed by atoms with van der Waals surface area (Å²) in [5, 5.41) is 58.8. The molecule has 0 bridgehead atoms. The smallest absolute Gasteiger partial charge is 0.333 e. The van der Waals surface area contributed by atoms with Crippen LogP contribution in [0.4, 0.5) is 0 Å². The van der Waals surface area contributed by atoms with E-state index in [-0.39, 0.29) is 47.6 Å². The Balaban J connectivity index is 1.22. The van der Waals surface area contributed by atoms with E-state index in [4.69, 9.17) is 28.4 Å². The highest BCUT2D eigenvalue weighted by molar-refractivity contribution is 6.29. The molecule has 5 aliphatic rings. The summed E-state index contributed by atoms with van der Waals surface area (Å²) >= 11 is 0. The lowest BCUT2D eigenvalue weighted by Crippen LogP contribution is -2.74. The average molecular weight is 855 g/mol. The SMILES string of the molecule is CCCC(C)C=C(C)C(=O)OC1C(C)OC(OC2CCC(OC3C(=O)C(C(C)=O)=C(O)C4(O)C(=O)c5c(O)c6c(c(C)c5CC34O)C(=O)C(OC)=CC6=O)OC2C)CC1(C)O. The monoisotopic (exact) mass is 854 g/mol. The van der Waals surface area contributed by atoms with Gasteiger partial charge in [-0.25, -0.2) is 4.79 Å². The summed E-state index contributed by atoms with van der Waals surface area (Å²) in [6, 6.07) is 0. The molecule has 6 rings (SSSR count). The Morgan fingerprint density at radius 2 is 1.62 bits per heavy atom. The Bertz CT molecular complexity index is 2160. The van der Waals surface area contributed by atoms with Gasteiger partial charge in [0, 0.05) is 36.5 Å². The Kier molecular flexibility index (Phi) is 12.5. The molecule has 0 radical (unpaired) electrons. The number of ether oxygens (including phenoxy) is 6. The normalized spacial score (nSPS) is 34.6. The number of phenolic OH excluding ortho intramolecular Hbond substituents is 1. The predicted molar refractivity (Wildman–Crippen MR) is 210 cm³/mol. The quantitative estimate of drug-likeness (QED) is 0.122. The molecule has 11 unspecified atom stereocenters. The highest BCUT2D eigenvalue weighted by atomic mass is 16.7. The number of Topliss-reactive ketones (excluding diaryl/α,β-unsaturated/α-hetero) is 4. The van der Waals surface area contributed by atoms with Crippen molar-refractivity contribution < 1.29 is 82.7 Å². The van der Waals surface area contributed by atoms with Gasteiger partial charge >= 0.3 is 5.97 Å². The molecule has 17 heteroatoms. The first-order chi connectivity index (χ1) is 28.4. The number of esters is 1. The molecule has 61 heavy (non-hydrogen) atoms. The first-order valence-corrected chi connectivity index (χ1v) is 20.4. The van der Waals surface area contributed by atoms with Gasteiger partial charge in [-0.3, -0.25) is 24.0 Å². The minimum atomic E-state index is -3.47. The van der Waals surface area contributed by atoms with Crippen LogP contribution in [0.25, 0.3) is 0 Å². The molecule has 332 valence electrons. The van der Waals surface area contributed by atoms with Gasteiger partial charge in [-0.05, 0) is 71.4 Å². The summed E-state index contributed by atoms with van der Waals surface area (Å²) in [6.45, 7) is 12.7. The number of benzene rings is 1. The molecule has 11 atom stereocenters. The molecule has 3 aliphatic carbocycles. The lowest BCUT2D eigenvalue weighted by molar-refractivity contribution is -0.316. The predicted octanol–water partition coefficient (Wildman–Crippen LogP) is 3.27. The van der Waals surface area contributed by atoms with Crippen LogP contribution in [0.15, 0.2) is 34.8 Å². The lowest BCUT2D eigenvalue weighted by Gasteiger charge is -2.52. The van der Waals surface area contributed by atoms with Crippen LogP contribution in [0.5, 0.6) is 5.75 Å². The summed E-state index contributed by atoms with van der Waals surface area (Å²) in [5.41, 5.74) is -10.6. The van der Waals surface area contributed by atoms with Crippen molar-refractivity contribution >= 4 is 34.9 Å². The van der Waals surface area contributed by atoms with Crippen molar-refractivity contribution in [1.82, 2.24) is 0 Å². The summed E-state index contributed by atoms with van der Waals surface area (Å²) < 4.78 is 35.2. The third-order valence-corrected chi connectivity index (χ3v) is 12.5. The van der Waals surface area contributed by atoms with Gasteiger partial charge < -0.3 is 54.0 Å². The second kappa shape index (κ2) is 16.6. The maximum absolute atomic E-state index is 14.4. The van der Waals surface area contributed by atoms with E-state index in [1.165, 1.54) is 13.8 Å². The fraction of sp³-hybridized carbons (Fsp3) is 0.591. The number of carbonyl (C=O) groups excluding carboxylic acids is 6. The maximum atomic E-state index is 14.4. The van der Waals surface area contributed by atoms with E-state index in [1.54, 1.807) is 20.8 Å². The summed E-state index contributed by atoms with van der Waals surface area (Å²) in [4.78, 5) is 80.7. The standard InChI is InChI=1S/C44H54O17/c1-10-11-18(2)14-19(3)41(52)61-39-23(7)58-29(17-42(39,8)53)59-26-12-13-28(57-22(26)6)60-40-36(49)31(21(5)45)37(50)44(55)38(51)32-24(16-43(40,44)54)20(4)30-33(35(32)48)25(46)15-27(56-9)34(30)47/h14-15,18,22-23,26,28-29,39-40,48,50,53-55H,10-13,16-17H2,1-9H3. The van der Waals surface area contributed by atoms with Gasteiger partial charge in [0.2, 0.25) is 23.0 Å². The fourth-order valence-corrected chi connectivity index (χ4v) is 9.38. The molecule has 1 aromatic rings. The first kappa shape index (κ1) is 45.9. The van der Waals surface area contributed by atoms with E-state index < -0.39 is 129 Å². The molecular formula is C44H54O17. The van der Waals surface area contributed by atoms with E-state index in [1.807, 2.05) is 13.0 Å². The van der Waals surface area contributed by atoms with E-state index in [2.05, 4.69) is 6.92 Å². The van der Waals surface area contributed by atoms with Crippen LogP contribution in [-0.2, 0) is 49.2 Å². The number of carbonyl (C=O) groups is 6. The Morgan fingerprint density at radius 3 is 2.21 bits per heavy atom. The van der Waals surface area contributed by atoms with Crippen LogP contribution in [0.2, 0.25) is 0 Å². The van der Waals surface area contributed by atoms with Gasteiger partial charge in [-0.2, -0.15) is 0 Å². The molecule has 2 fully saturated rings. The van der Waals surface area contributed by atoms with Gasteiger partial charge in [0.05, 0.1) is 36.5 Å². The number of allylic oxidation sites excluding steroid dienone is 3. The zero-order chi connectivity index (χ0) is 45.3. The van der Waals surface area contributed by atoms with Crippen molar-refractivity contribution in [2.24, 2.45) is 5.92 Å². The number of methoxy groups -OCH3 is 1. The molecule has 1 aromatic carbocycles. The van der Waals surface area contributed by atoms with Gasteiger partial charge in [0.15, 0.2) is 42.1 Å². The summed E-state index contributed by atoms with van der Waals surface area (Å²) in [7, 11) is 1.15. The van der Waals surface area contributed by atoms with Gasteiger partial charge in [-0.1, -0.05) is 26.3 Å². The number of ketones is 5. The fourth-order valence-electron chi connectivity index (χ4n) is 9.38. The average Bonchev–Trinajstić information content (AvgIpc) is 3.17. The first-order valence-electron chi connectivity index (χ1n) is 20.4. The van der Waals surface area contributed by atoms with Crippen LogP contribution < -0.4 is 0 Å². The van der Waals surface area contributed by atoms with E-state index in [9.17, 15) is 54.3 Å². The minimum Gasteiger partial charge on any atom is -0.508 e.